The molecule has 4 aliphatic carbocycles. The molecule has 0 heterocycles. The first-order chi connectivity index (χ1) is 13.9. The molecule has 0 aliphatic heterocycles. The largest absolute Gasteiger partial charge is 0.508 e. The lowest BCUT2D eigenvalue weighted by atomic mass is 9.48. The number of ketones is 1. The monoisotopic (exact) mass is 388 g/mol. The minimum atomic E-state index is -0.212. The van der Waals surface area contributed by atoms with E-state index in [2.05, 4.69) is 6.07 Å². The number of hydrogen-bond acceptors (Lipinski definition) is 3. The third kappa shape index (κ3) is 3.27. The summed E-state index contributed by atoms with van der Waals surface area (Å²) in [5, 5.41) is 20.7. The van der Waals surface area contributed by atoms with E-state index >= 15 is 0 Å². The van der Waals surface area contributed by atoms with Crippen LogP contribution in [0.1, 0.15) is 65.6 Å². The molecule has 4 bridgehead atoms. The number of phenols is 2. The summed E-state index contributed by atoms with van der Waals surface area (Å²) in [4.78, 5) is 12.6. The molecule has 2 N–H and O–H groups in total. The van der Waals surface area contributed by atoms with Crippen LogP contribution in [-0.4, -0.2) is 16.0 Å². The number of phenolic OH excluding ortho intramolecular Hbond substituents is 2. The van der Waals surface area contributed by atoms with E-state index in [0.717, 1.165) is 34.4 Å². The highest BCUT2D eigenvalue weighted by Gasteiger charge is 2.52. The van der Waals surface area contributed by atoms with Crippen LogP contribution in [0.2, 0.25) is 0 Å². The normalized spacial score (nSPS) is 30.2. The van der Waals surface area contributed by atoms with Crippen LogP contribution >= 0.6 is 0 Å². The fourth-order valence-corrected chi connectivity index (χ4v) is 6.63. The Hall–Kier alpha value is -2.55. The first kappa shape index (κ1) is 18.5. The van der Waals surface area contributed by atoms with Crippen LogP contribution in [0.15, 0.2) is 42.5 Å². The number of aryl methyl sites for hydroxylation is 1. The third-order valence-corrected chi connectivity index (χ3v) is 7.47. The van der Waals surface area contributed by atoms with Gasteiger partial charge in [0.15, 0.2) is 5.78 Å². The highest BCUT2D eigenvalue weighted by Crippen LogP contribution is 2.61. The quantitative estimate of drug-likeness (QED) is 0.516. The molecule has 6 rings (SSSR count). The Bertz CT molecular complexity index is 966. The van der Waals surface area contributed by atoms with Gasteiger partial charge in [0.25, 0.3) is 0 Å². The molecule has 4 fully saturated rings. The summed E-state index contributed by atoms with van der Waals surface area (Å²) in [6.07, 6.45) is 11.0. The Morgan fingerprint density at radius 3 is 2.21 bits per heavy atom. The molecular formula is C26H28O3. The summed E-state index contributed by atoms with van der Waals surface area (Å²) in [6, 6.07) is 10.8. The summed E-state index contributed by atoms with van der Waals surface area (Å²) >= 11 is 0. The minimum absolute atomic E-state index is 0.00483. The van der Waals surface area contributed by atoms with Gasteiger partial charge in [-0.15, -0.1) is 0 Å². The van der Waals surface area contributed by atoms with Crippen molar-refractivity contribution in [2.24, 2.45) is 17.8 Å². The zero-order chi connectivity index (χ0) is 20.2. The highest BCUT2D eigenvalue weighted by atomic mass is 16.3. The van der Waals surface area contributed by atoms with Crippen LogP contribution < -0.4 is 0 Å². The zero-order valence-corrected chi connectivity index (χ0v) is 16.9. The third-order valence-electron chi connectivity index (χ3n) is 7.47. The van der Waals surface area contributed by atoms with E-state index in [4.69, 9.17) is 0 Å². The van der Waals surface area contributed by atoms with Gasteiger partial charge in [-0.25, -0.2) is 0 Å². The van der Waals surface area contributed by atoms with Gasteiger partial charge in [-0.3, -0.25) is 4.79 Å². The van der Waals surface area contributed by atoms with Crippen molar-refractivity contribution >= 4 is 11.9 Å². The van der Waals surface area contributed by atoms with Crippen LogP contribution in [0.3, 0.4) is 0 Å². The van der Waals surface area contributed by atoms with Crippen molar-refractivity contribution in [1.82, 2.24) is 0 Å². The van der Waals surface area contributed by atoms with Gasteiger partial charge in [0.2, 0.25) is 0 Å². The Morgan fingerprint density at radius 2 is 1.55 bits per heavy atom. The van der Waals surface area contributed by atoms with Crippen LogP contribution in [-0.2, 0) is 5.41 Å². The van der Waals surface area contributed by atoms with Crippen molar-refractivity contribution in [2.45, 2.75) is 50.9 Å². The molecule has 29 heavy (non-hydrogen) atoms. The number of allylic oxidation sites excluding steroid dienone is 1. The van der Waals surface area contributed by atoms with E-state index in [9.17, 15) is 15.0 Å². The molecule has 0 saturated heterocycles. The predicted molar refractivity (Wildman–Crippen MR) is 114 cm³/mol. The molecule has 150 valence electrons. The fourth-order valence-electron chi connectivity index (χ4n) is 6.63. The second-order valence-electron chi connectivity index (χ2n) is 9.69. The van der Waals surface area contributed by atoms with Gasteiger partial charge in [-0.2, -0.15) is 0 Å². The molecular weight excluding hydrogens is 360 g/mol. The van der Waals surface area contributed by atoms with Gasteiger partial charge in [-0.05, 0) is 105 Å². The molecule has 0 aromatic heterocycles. The van der Waals surface area contributed by atoms with Gasteiger partial charge in [0.05, 0.1) is 5.56 Å². The summed E-state index contributed by atoms with van der Waals surface area (Å²) < 4.78 is 0. The number of benzene rings is 2. The fraction of sp³-hybridized carbons (Fsp3) is 0.423. The predicted octanol–water partition coefficient (Wildman–Crippen LogP) is 5.77. The molecule has 0 amide bonds. The molecule has 3 nitrogen and oxygen atoms in total. The lowest BCUT2D eigenvalue weighted by Gasteiger charge is -2.57. The van der Waals surface area contributed by atoms with E-state index < -0.39 is 0 Å². The Balaban J connectivity index is 1.44. The molecule has 0 atom stereocenters. The zero-order valence-electron chi connectivity index (χ0n) is 16.9. The smallest absolute Gasteiger partial charge is 0.189 e. The maximum Gasteiger partial charge on any atom is 0.189 e. The summed E-state index contributed by atoms with van der Waals surface area (Å²) in [7, 11) is 0. The second kappa shape index (κ2) is 6.76. The van der Waals surface area contributed by atoms with Crippen molar-refractivity contribution in [3.05, 3.63) is 64.7 Å². The Kier molecular flexibility index (Phi) is 4.31. The Morgan fingerprint density at radius 1 is 0.931 bits per heavy atom. The van der Waals surface area contributed by atoms with Crippen LogP contribution in [0.4, 0.5) is 0 Å². The summed E-state index contributed by atoms with van der Waals surface area (Å²) in [5.74, 6) is 2.62. The topological polar surface area (TPSA) is 57.5 Å². The van der Waals surface area contributed by atoms with Crippen molar-refractivity contribution in [1.29, 1.82) is 0 Å². The van der Waals surface area contributed by atoms with Gasteiger partial charge in [-0.1, -0.05) is 23.8 Å². The molecule has 2 aromatic carbocycles. The average molecular weight is 389 g/mol. The van der Waals surface area contributed by atoms with Gasteiger partial charge < -0.3 is 10.2 Å². The van der Waals surface area contributed by atoms with E-state index in [1.165, 1.54) is 44.6 Å². The molecule has 4 saturated carbocycles. The van der Waals surface area contributed by atoms with E-state index in [1.54, 1.807) is 30.3 Å². The van der Waals surface area contributed by atoms with Gasteiger partial charge >= 0.3 is 0 Å². The molecule has 4 aliphatic rings. The first-order valence-electron chi connectivity index (χ1n) is 10.8. The maximum absolute atomic E-state index is 12.6. The first-order valence-corrected chi connectivity index (χ1v) is 10.8. The summed E-state index contributed by atoms with van der Waals surface area (Å²) in [5.41, 5.74) is 3.37. The van der Waals surface area contributed by atoms with Crippen LogP contribution in [0.25, 0.3) is 6.08 Å². The number of hydrogen-bond donors (Lipinski definition) is 2. The van der Waals surface area contributed by atoms with Crippen molar-refractivity contribution in [3.63, 3.8) is 0 Å². The van der Waals surface area contributed by atoms with Crippen molar-refractivity contribution in [3.8, 4) is 11.5 Å². The van der Waals surface area contributed by atoms with E-state index in [-0.39, 0.29) is 16.9 Å². The van der Waals surface area contributed by atoms with Crippen molar-refractivity contribution in [2.75, 3.05) is 0 Å². The highest BCUT2D eigenvalue weighted by molar-refractivity contribution is 6.08. The molecule has 3 heteroatoms. The van der Waals surface area contributed by atoms with Gasteiger partial charge in [0.1, 0.15) is 11.5 Å². The van der Waals surface area contributed by atoms with E-state index in [1.807, 2.05) is 13.0 Å². The lowest BCUT2D eigenvalue weighted by molar-refractivity contribution is -0.00614. The van der Waals surface area contributed by atoms with Crippen LogP contribution in [0, 0.1) is 24.7 Å². The summed E-state index contributed by atoms with van der Waals surface area (Å²) in [6.45, 7) is 1.90. The number of rotatable bonds is 4. The van der Waals surface area contributed by atoms with E-state index in [0.29, 0.717) is 11.3 Å². The Labute approximate surface area is 172 Å². The standard InChI is InChI=1S/C26H28O3/c1-16-2-5-23(27)21(8-16)24(28)6-3-17-4-7-25(29)22(12-17)26-13-18-9-19(14-26)11-20(10-18)15-26/h2-8,12,18-20,27,29H,9-11,13-15H2,1H3/b6-3+. The van der Waals surface area contributed by atoms with Crippen LogP contribution in [0.5, 0.6) is 11.5 Å². The number of carbonyl (C=O) groups excluding carboxylic acids is 1. The number of aromatic hydroxyl groups is 2. The number of carbonyl (C=O) groups is 1. The lowest BCUT2D eigenvalue weighted by Crippen LogP contribution is -2.48. The maximum atomic E-state index is 12.6. The molecule has 2 aromatic rings. The van der Waals surface area contributed by atoms with Crippen molar-refractivity contribution < 1.29 is 15.0 Å². The van der Waals surface area contributed by atoms with Gasteiger partial charge in [0, 0.05) is 5.56 Å². The SMILES string of the molecule is Cc1ccc(O)c(C(=O)/C=C/c2ccc(O)c(C34CC5CC(CC(C5)C3)C4)c2)c1. The minimum Gasteiger partial charge on any atom is -0.508 e. The molecule has 0 unspecified atom stereocenters. The average Bonchev–Trinajstić information content (AvgIpc) is 2.68. The molecule has 0 spiro atoms. The molecule has 0 radical (unpaired) electrons. The second-order valence-corrected chi connectivity index (χ2v) is 9.69.